The molecule has 0 bridgehead atoms. The summed E-state index contributed by atoms with van der Waals surface area (Å²) in [7, 11) is 0. The van der Waals surface area contributed by atoms with Crippen LogP contribution in [0, 0.1) is 0 Å². The highest BCUT2D eigenvalue weighted by Crippen LogP contribution is 2.36. The van der Waals surface area contributed by atoms with E-state index in [1.807, 2.05) is 35.7 Å². The Hall–Kier alpha value is -1.88. The zero-order valence-electron chi connectivity index (χ0n) is 11.9. The Morgan fingerprint density at radius 1 is 1.04 bits per heavy atom. The zero-order valence-corrected chi connectivity index (χ0v) is 14.3. The number of hydrogen-bond acceptors (Lipinski definition) is 3. The molecule has 0 atom stereocenters. The number of para-hydroxylation sites is 1. The van der Waals surface area contributed by atoms with Gasteiger partial charge in [-0.15, -0.1) is 11.3 Å². The Bertz CT molecular complexity index is 813. The summed E-state index contributed by atoms with van der Waals surface area (Å²) in [6, 6.07) is 14.7. The maximum absolute atomic E-state index is 12.1. The average molecular weight is 363 g/mol. The number of carbonyl (C=O) groups is 1. The van der Waals surface area contributed by atoms with Gasteiger partial charge in [-0.05, 0) is 24.3 Å². The minimum atomic E-state index is -0.113. The van der Waals surface area contributed by atoms with E-state index in [9.17, 15) is 4.79 Å². The SMILES string of the molecule is O=C(Cc1csc(-c2c(Cl)cccc2Cl)n1)Nc1ccccc1. The number of halogens is 2. The predicted octanol–water partition coefficient (Wildman–Crippen LogP) is 5.30. The quantitative estimate of drug-likeness (QED) is 0.684. The standard InChI is InChI=1S/C17H12Cl2N2OS/c18-13-7-4-8-14(19)16(13)17-21-12(10-23-17)9-15(22)20-11-5-2-1-3-6-11/h1-8,10H,9H2,(H,20,22). The highest BCUT2D eigenvalue weighted by atomic mass is 35.5. The lowest BCUT2D eigenvalue weighted by atomic mass is 10.2. The Balaban J connectivity index is 1.74. The van der Waals surface area contributed by atoms with Crippen LogP contribution in [0.2, 0.25) is 10.0 Å². The predicted molar refractivity (Wildman–Crippen MR) is 96.3 cm³/mol. The lowest BCUT2D eigenvalue weighted by Gasteiger charge is -2.04. The number of nitrogens with one attached hydrogen (secondary N) is 1. The number of amides is 1. The van der Waals surface area contributed by atoms with Crippen LogP contribution in [0.25, 0.3) is 10.6 Å². The second-order valence-corrected chi connectivity index (χ2v) is 6.50. The second kappa shape index (κ2) is 7.13. The summed E-state index contributed by atoms with van der Waals surface area (Å²) in [6.07, 6.45) is 0.202. The second-order valence-electron chi connectivity index (χ2n) is 4.83. The van der Waals surface area contributed by atoms with Crippen molar-refractivity contribution in [2.75, 3.05) is 5.32 Å². The fraction of sp³-hybridized carbons (Fsp3) is 0.0588. The first-order valence-electron chi connectivity index (χ1n) is 6.87. The van der Waals surface area contributed by atoms with Crippen LogP contribution in [0.3, 0.4) is 0 Å². The van der Waals surface area contributed by atoms with Gasteiger partial charge in [-0.25, -0.2) is 4.98 Å². The molecule has 1 N–H and O–H groups in total. The molecule has 3 aromatic rings. The van der Waals surface area contributed by atoms with Crippen LogP contribution in [0.4, 0.5) is 5.69 Å². The van der Waals surface area contributed by atoms with Gasteiger partial charge in [-0.2, -0.15) is 0 Å². The van der Waals surface area contributed by atoms with Crippen LogP contribution in [0.1, 0.15) is 5.69 Å². The van der Waals surface area contributed by atoms with Gasteiger partial charge in [0.1, 0.15) is 5.01 Å². The molecule has 0 saturated heterocycles. The van der Waals surface area contributed by atoms with Gasteiger partial charge in [-0.1, -0.05) is 47.5 Å². The van der Waals surface area contributed by atoms with Gasteiger partial charge < -0.3 is 5.32 Å². The molecule has 0 saturated carbocycles. The van der Waals surface area contributed by atoms with E-state index in [2.05, 4.69) is 10.3 Å². The van der Waals surface area contributed by atoms with Gasteiger partial charge in [0.15, 0.2) is 0 Å². The molecule has 2 aromatic carbocycles. The summed E-state index contributed by atoms with van der Waals surface area (Å²) >= 11 is 13.8. The first kappa shape index (κ1) is 16.0. The lowest BCUT2D eigenvalue weighted by Crippen LogP contribution is -2.14. The van der Waals surface area contributed by atoms with Crippen LogP contribution < -0.4 is 5.32 Å². The molecule has 0 radical (unpaired) electrons. The molecule has 0 spiro atoms. The smallest absolute Gasteiger partial charge is 0.230 e. The van der Waals surface area contributed by atoms with Crippen molar-refractivity contribution in [3.8, 4) is 10.6 Å². The van der Waals surface area contributed by atoms with Crippen LogP contribution in [-0.2, 0) is 11.2 Å². The molecule has 0 fully saturated rings. The largest absolute Gasteiger partial charge is 0.326 e. The number of hydrogen-bond donors (Lipinski definition) is 1. The number of nitrogens with zero attached hydrogens (tertiary/aromatic N) is 1. The summed E-state index contributed by atoms with van der Waals surface area (Å²) < 4.78 is 0. The number of rotatable bonds is 4. The van der Waals surface area contributed by atoms with E-state index >= 15 is 0 Å². The molecule has 0 unspecified atom stereocenters. The lowest BCUT2D eigenvalue weighted by molar-refractivity contribution is -0.115. The minimum absolute atomic E-state index is 0.113. The Kier molecular flexibility index (Phi) is 4.96. The van der Waals surface area contributed by atoms with Crippen molar-refractivity contribution in [1.29, 1.82) is 0 Å². The van der Waals surface area contributed by atoms with Crippen LogP contribution >= 0.6 is 34.5 Å². The zero-order chi connectivity index (χ0) is 16.2. The number of thiazole rings is 1. The molecule has 116 valence electrons. The third-order valence-electron chi connectivity index (χ3n) is 3.13. The molecule has 1 amide bonds. The highest BCUT2D eigenvalue weighted by molar-refractivity contribution is 7.13. The first-order valence-corrected chi connectivity index (χ1v) is 8.51. The molecule has 0 aliphatic carbocycles. The fourth-order valence-corrected chi connectivity index (χ4v) is 3.68. The Labute approximate surface area is 147 Å². The van der Waals surface area contributed by atoms with Gasteiger partial charge in [0.25, 0.3) is 0 Å². The van der Waals surface area contributed by atoms with E-state index in [0.29, 0.717) is 26.3 Å². The highest BCUT2D eigenvalue weighted by Gasteiger charge is 2.14. The third-order valence-corrected chi connectivity index (χ3v) is 4.67. The van der Waals surface area contributed by atoms with Crippen LogP contribution in [0.15, 0.2) is 53.9 Å². The molecule has 0 aliphatic heterocycles. The van der Waals surface area contributed by atoms with Crippen molar-refractivity contribution < 1.29 is 4.79 Å². The van der Waals surface area contributed by atoms with Gasteiger partial charge in [0.2, 0.25) is 5.91 Å². The van der Waals surface area contributed by atoms with E-state index in [1.54, 1.807) is 18.2 Å². The van der Waals surface area contributed by atoms with Crippen molar-refractivity contribution in [2.45, 2.75) is 6.42 Å². The molecule has 23 heavy (non-hydrogen) atoms. The molecule has 3 rings (SSSR count). The molecule has 1 heterocycles. The summed E-state index contributed by atoms with van der Waals surface area (Å²) in [5, 5.41) is 6.49. The molecule has 3 nitrogen and oxygen atoms in total. The summed E-state index contributed by atoms with van der Waals surface area (Å²) in [5.41, 5.74) is 2.16. The summed E-state index contributed by atoms with van der Waals surface area (Å²) in [4.78, 5) is 16.5. The third kappa shape index (κ3) is 3.91. The van der Waals surface area contributed by atoms with Gasteiger partial charge >= 0.3 is 0 Å². The Morgan fingerprint density at radius 3 is 2.43 bits per heavy atom. The van der Waals surface area contributed by atoms with E-state index in [-0.39, 0.29) is 12.3 Å². The van der Waals surface area contributed by atoms with Crippen molar-refractivity contribution in [3.63, 3.8) is 0 Å². The van der Waals surface area contributed by atoms with Crippen molar-refractivity contribution in [2.24, 2.45) is 0 Å². The van der Waals surface area contributed by atoms with Gasteiger partial charge in [0.05, 0.1) is 22.2 Å². The monoisotopic (exact) mass is 362 g/mol. The van der Waals surface area contributed by atoms with Crippen LogP contribution in [0.5, 0.6) is 0 Å². The van der Waals surface area contributed by atoms with Crippen molar-refractivity contribution >= 4 is 46.1 Å². The Morgan fingerprint density at radius 2 is 1.74 bits per heavy atom. The van der Waals surface area contributed by atoms with Crippen molar-refractivity contribution in [1.82, 2.24) is 4.98 Å². The van der Waals surface area contributed by atoms with E-state index in [0.717, 1.165) is 5.69 Å². The van der Waals surface area contributed by atoms with E-state index in [1.165, 1.54) is 11.3 Å². The molecular formula is C17H12Cl2N2OS. The van der Waals surface area contributed by atoms with E-state index in [4.69, 9.17) is 23.2 Å². The van der Waals surface area contributed by atoms with Crippen molar-refractivity contribution in [3.05, 3.63) is 69.7 Å². The molecule has 0 aliphatic rings. The molecule has 1 aromatic heterocycles. The summed E-state index contributed by atoms with van der Waals surface area (Å²) in [5.74, 6) is -0.113. The maximum atomic E-state index is 12.1. The minimum Gasteiger partial charge on any atom is -0.326 e. The number of anilines is 1. The summed E-state index contributed by atoms with van der Waals surface area (Å²) in [6.45, 7) is 0. The van der Waals surface area contributed by atoms with Gasteiger partial charge in [0, 0.05) is 16.6 Å². The van der Waals surface area contributed by atoms with Crippen LogP contribution in [-0.4, -0.2) is 10.9 Å². The number of aromatic nitrogens is 1. The normalized spacial score (nSPS) is 10.5. The fourth-order valence-electron chi connectivity index (χ4n) is 2.10. The van der Waals surface area contributed by atoms with Gasteiger partial charge in [-0.3, -0.25) is 4.79 Å². The topological polar surface area (TPSA) is 42.0 Å². The molecular weight excluding hydrogens is 351 g/mol. The first-order chi connectivity index (χ1) is 11.1. The average Bonchev–Trinajstić information content (AvgIpc) is 2.96. The number of benzene rings is 2. The molecule has 6 heteroatoms. The number of carbonyl (C=O) groups excluding carboxylic acids is 1. The van der Waals surface area contributed by atoms with E-state index < -0.39 is 0 Å². The maximum Gasteiger partial charge on any atom is 0.230 e.